The Morgan fingerprint density at radius 1 is 1.53 bits per heavy atom. The number of carbonyl (C=O) groups is 1. The van der Waals surface area contributed by atoms with Crippen molar-refractivity contribution < 1.29 is 9.53 Å². The second kappa shape index (κ2) is 5.90. The molecule has 0 radical (unpaired) electrons. The molecule has 90 valence electrons. The van der Waals surface area contributed by atoms with E-state index in [1.165, 1.54) is 4.90 Å². The first-order valence-electron chi connectivity index (χ1n) is 5.42. The number of hydrogen-bond donors (Lipinski definition) is 0. The minimum absolute atomic E-state index is 0.00616. The summed E-state index contributed by atoms with van der Waals surface area (Å²) in [6.45, 7) is 3.86. The molecular weight excluding hydrogens is 216 g/mol. The van der Waals surface area contributed by atoms with Gasteiger partial charge in [-0.25, -0.2) is 0 Å². The van der Waals surface area contributed by atoms with Gasteiger partial charge in [0.05, 0.1) is 13.2 Å². The second-order valence-electron chi connectivity index (χ2n) is 3.92. The highest BCUT2D eigenvalue weighted by atomic mass is 16.5. The molecule has 4 nitrogen and oxygen atoms in total. The molecule has 0 unspecified atom stereocenters. The van der Waals surface area contributed by atoms with Crippen LogP contribution in [0.25, 0.3) is 0 Å². The Hall–Kier alpha value is -2.02. The Morgan fingerprint density at radius 2 is 2.24 bits per heavy atom. The van der Waals surface area contributed by atoms with Crippen LogP contribution in [0.4, 0.5) is 0 Å². The smallest absolute Gasteiger partial charge is 0.255 e. The van der Waals surface area contributed by atoms with Crippen molar-refractivity contribution in [1.82, 2.24) is 4.90 Å². The first-order valence-corrected chi connectivity index (χ1v) is 5.42. The molecule has 0 bridgehead atoms. The van der Waals surface area contributed by atoms with Crippen LogP contribution in [0.3, 0.4) is 0 Å². The highest BCUT2D eigenvalue weighted by Crippen LogP contribution is 2.15. The largest absolute Gasteiger partial charge is 0.497 e. The molecule has 0 N–H and O–H groups in total. The first-order chi connectivity index (χ1) is 8.10. The molecule has 0 aliphatic carbocycles. The molecule has 0 atom stereocenters. The third-order valence-corrected chi connectivity index (χ3v) is 2.44. The van der Waals surface area contributed by atoms with Crippen molar-refractivity contribution in [3.8, 4) is 11.8 Å². The first kappa shape index (κ1) is 13.0. The summed E-state index contributed by atoms with van der Waals surface area (Å²) >= 11 is 0. The zero-order chi connectivity index (χ0) is 12.8. The molecule has 0 spiro atoms. The molecule has 0 fully saturated rings. The molecular formula is C13H16N2O2. The summed E-state index contributed by atoms with van der Waals surface area (Å²) in [6.07, 6.45) is 0. The molecule has 0 saturated carbocycles. The summed E-state index contributed by atoms with van der Waals surface area (Å²) < 4.78 is 5.07. The van der Waals surface area contributed by atoms with Crippen molar-refractivity contribution in [2.45, 2.75) is 19.9 Å². The van der Waals surface area contributed by atoms with Gasteiger partial charge in [-0.05, 0) is 32.0 Å². The average Bonchev–Trinajstić information content (AvgIpc) is 2.34. The van der Waals surface area contributed by atoms with Gasteiger partial charge in [-0.2, -0.15) is 5.26 Å². The summed E-state index contributed by atoms with van der Waals surface area (Å²) in [5, 5.41) is 8.71. The monoisotopic (exact) mass is 232 g/mol. The number of nitriles is 1. The van der Waals surface area contributed by atoms with E-state index in [0.29, 0.717) is 11.3 Å². The van der Waals surface area contributed by atoms with Crippen LogP contribution in [0.15, 0.2) is 24.3 Å². The van der Waals surface area contributed by atoms with Gasteiger partial charge < -0.3 is 9.64 Å². The maximum atomic E-state index is 12.2. The Bertz CT molecular complexity index is 435. The van der Waals surface area contributed by atoms with E-state index >= 15 is 0 Å². The van der Waals surface area contributed by atoms with E-state index in [0.717, 1.165) is 0 Å². The van der Waals surface area contributed by atoms with E-state index in [4.69, 9.17) is 10.00 Å². The Kier molecular flexibility index (Phi) is 4.53. The predicted molar refractivity (Wildman–Crippen MR) is 64.8 cm³/mol. The van der Waals surface area contributed by atoms with E-state index in [-0.39, 0.29) is 18.5 Å². The number of nitrogens with zero attached hydrogens (tertiary/aromatic N) is 2. The number of ether oxygens (including phenoxy) is 1. The zero-order valence-electron chi connectivity index (χ0n) is 10.3. The topological polar surface area (TPSA) is 53.3 Å². The lowest BCUT2D eigenvalue weighted by atomic mass is 10.1. The van der Waals surface area contributed by atoms with Gasteiger partial charge >= 0.3 is 0 Å². The van der Waals surface area contributed by atoms with Gasteiger partial charge in [0.25, 0.3) is 5.91 Å². The van der Waals surface area contributed by atoms with Crippen molar-refractivity contribution in [2.75, 3.05) is 13.7 Å². The fraction of sp³-hybridized carbons (Fsp3) is 0.385. The standard InChI is InChI=1S/C13H16N2O2/c1-10(2)15(8-7-14)13(16)11-5-4-6-12(9-11)17-3/h4-6,9-10H,8H2,1-3H3. The summed E-state index contributed by atoms with van der Waals surface area (Å²) in [5.74, 6) is 0.483. The van der Waals surface area contributed by atoms with E-state index in [2.05, 4.69) is 0 Å². The molecule has 0 aliphatic rings. The lowest BCUT2D eigenvalue weighted by Crippen LogP contribution is -2.37. The van der Waals surface area contributed by atoms with Gasteiger partial charge in [0.15, 0.2) is 0 Å². The third-order valence-electron chi connectivity index (χ3n) is 2.44. The van der Waals surface area contributed by atoms with Crippen LogP contribution in [0.5, 0.6) is 5.75 Å². The quantitative estimate of drug-likeness (QED) is 0.747. The van der Waals surface area contributed by atoms with Crippen LogP contribution >= 0.6 is 0 Å². The lowest BCUT2D eigenvalue weighted by Gasteiger charge is -2.23. The molecule has 1 aromatic rings. The minimum atomic E-state index is -0.152. The fourth-order valence-corrected chi connectivity index (χ4v) is 1.49. The molecule has 1 amide bonds. The van der Waals surface area contributed by atoms with Gasteiger partial charge in [0.1, 0.15) is 12.3 Å². The van der Waals surface area contributed by atoms with Gasteiger partial charge in [0.2, 0.25) is 0 Å². The van der Waals surface area contributed by atoms with Gasteiger partial charge in [0, 0.05) is 11.6 Å². The average molecular weight is 232 g/mol. The summed E-state index contributed by atoms with van der Waals surface area (Å²) in [6, 6.07) is 8.93. The minimum Gasteiger partial charge on any atom is -0.497 e. The molecule has 0 aromatic heterocycles. The van der Waals surface area contributed by atoms with E-state index in [1.54, 1.807) is 31.4 Å². The maximum Gasteiger partial charge on any atom is 0.255 e. The third kappa shape index (κ3) is 3.22. The van der Waals surface area contributed by atoms with E-state index < -0.39 is 0 Å². The van der Waals surface area contributed by atoms with Crippen molar-refractivity contribution >= 4 is 5.91 Å². The Morgan fingerprint density at radius 3 is 2.76 bits per heavy atom. The van der Waals surface area contributed by atoms with Crippen molar-refractivity contribution in [3.63, 3.8) is 0 Å². The van der Waals surface area contributed by atoms with E-state index in [9.17, 15) is 4.79 Å². The van der Waals surface area contributed by atoms with Crippen LogP contribution in [-0.2, 0) is 0 Å². The Labute approximate surface area is 101 Å². The molecule has 4 heteroatoms. The van der Waals surface area contributed by atoms with Gasteiger partial charge in [-0.15, -0.1) is 0 Å². The summed E-state index contributed by atoms with van der Waals surface area (Å²) in [7, 11) is 1.55. The number of carbonyl (C=O) groups excluding carboxylic acids is 1. The van der Waals surface area contributed by atoms with Gasteiger partial charge in [-0.3, -0.25) is 4.79 Å². The van der Waals surface area contributed by atoms with Crippen LogP contribution in [0, 0.1) is 11.3 Å². The summed E-state index contributed by atoms with van der Waals surface area (Å²) in [5.41, 5.74) is 0.535. The second-order valence-corrected chi connectivity index (χ2v) is 3.92. The van der Waals surface area contributed by atoms with Crippen LogP contribution in [-0.4, -0.2) is 30.5 Å². The highest BCUT2D eigenvalue weighted by Gasteiger charge is 2.18. The molecule has 1 rings (SSSR count). The van der Waals surface area contributed by atoms with Crippen molar-refractivity contribution in [2.24, 2.45) is 0 Å². The normalized spacial score (nSPS) is 9.82. The van der Waals surface area contributed by atoms with Crippen LogP contribution in [0.2, 0.25) is 0 Å². The number of methoxy groups -OCH3 is 1. The highest BCUT2D eigenvalue weighted by molar-refractivity contribution is 5.94. The number of rotatable bonds is 4. The Balaban J connectivity index is 2.97. The molecule has 0 saturated heterocycles. The molecule has 0 aliphatic heterocycles. The zero-order valence-corrected chi connectivity index (χ0v) is 10.3. The van der Waals surface area contributed by atoms with Crippen LogP contribution in [0.1, 0.15) is 24.2 Å². The fourth-order valence-electron chi connectivity index (χ4n) is 1.49. The van der Waals surface area contributed by atoms with Crippen molar-refractivity contribution in [3.05, 3.63) is 29.8 Å². The molecule has 1 aromatic carbocycles. The summed E-state index contributed by atoms with van der Waals surface area (Å²) in [4.78, 5) is 13.7. The van der Waals surface area contributed by atoms with E-state index in [1.807, 2.05) is 19.9 Å². The molecule has 0 heterocycles. The number of benzene rings is 1. The van der Waals surface area contributed by atoms with Crippen LogP contribution < -0.4 is 4.74 Å². The number of amides is 1. The number of hydrogen-bond acceptors (Lipinski definition) is 3. The predicted octanol–water partition coefficient (Wildman–Crippen LogP) is 2.07. The SMILES string of the molecule is COc1cccc(C(=O)N(CC#N)C(C)C)c1. The van der Waals surface area contributed by atoms with Crippen molar-refractivity contribution in [1.29, 1.82) is 5.26 Å². The maximum absolute atomic E-state index is 12.2. The molecule has 17 heavy (non-hydrogen) atoms. The van der Waals surface area contributed by atoms with Gasteiger partial charge in [-0.1, -0.05) is 6.07 Å². The lowest BCUT2D eigenvalue weighted by molar-refractivity contribution is 0.0731.